The lowest BCUT2D eigenvalue weighted by atomic mass is 9.93. The van der Waals surface area contributed by atoms with Crippen molar-refractivity contribution in [3.05, 3.63) is 76.6 Å². The third-order valence-corrected chi connectivity index (χ3v) is 9.67. The molecule has 1 saturated carbocycles. The number of hydrogen-bond donors (Lipinski definition) is 3. The molecule has 4 N–H and O–H groups in total. The Morgan fingerprint density at radius 3 is 2.67 bits per heavy atom. The number of carbonyl (C=O) groups excluding carboxylic acids is 3. The van der Waals surface area contributed by atoms with Gasteiger partial charge in [0.15, 0.2) is 5.65 Å². The molecule has 1 aliphatic heterocycles. The van der Waals surface area contributed by atoms with Crippen molar-refractivity contribution in [3.8, 4) is 11.1 Å². The second kappa shape index (κ2) is 13.0. The summed E-state index contributed by atoms with van der Waals surface area (Å²) in [6.45, 7) is 8.50. The summed E-state index contributed by atoms with van der Waals surface area (Å²) >= 11 is 0. The molecule has 46 heavy (non-hydrogen) atoms. The Labute approximate surface area is 269 Å². The molecule has 0 bridgehead atoms. The second-order valence-corrected chi connectivity index (χ2v) is 12.5. The predicted molar refractivity (Wildman–Crippen MR) is 177 cm³/mol. The Bertz CT molecular complexity index is 1790. The van der Waals surface area contributed by atoms with Crippen LogP contribution in [0.5, 0.6) is 0 Å². The van der Waals surface area contributed by atoms with Gasteiger partial charge in [0.05, 0.1) is 17.3 Å². The van der Waals surface area contributed by atoms with Crippen LogP contribution in [0.4, 0.5) is 5.69 Å². The number of pyridine rings is 1. The van der Waals surface area contributed by atoms with E-state index in [1.807, 2.05) is 61.1 Å². The molecule has 2 aromatic heterocycles. The molecular weight excluding hydrogens is 580 g/mol. The maximum absolute atomic E-state index is 13.7. The number of primary amides is 1. The maximum Gasteiger partial charge on any atom is 0.236 e. The Hall–Kier alpha value is -4.57. The van der Waals surface area contributed by atoms with Gasteiger partial charge in [0.25, 0.3) is 0 Å². The normalized spacial score (nSPS) is 19.6. The number of aldehydes is 1. The fourth-order valence-corrected chi connectivity index (χ4v) is 6.85. The molecule has 1 aliphatic carbocycles. The highest BCUT2D eigenvalue weighted by Crippen LogP contribution is 2.55. The van der Waals surface area contributed by atoms with Gasteiger partial charge in [-0.15, -0.1) is 0 Å². The minimum atomic E-state index is -1.28. The van der Waals surface area contributed by atoms with E-state index in [1.54, 1.807) is 6.07 Å². The number of nitrogens with two attached hydrogens (primary N) is 1. The minimum Gasteiger partial charge on any atom is -0.381 e. The molecular formula is C36H42N6O4. The van der Waals surface area contributed by atoms with Crippen LogP contribution < -0.4 is 16.4 Å². The molecule has 3 heterocycles. The average Bonchev–Trinajstić information content (AvgIpc) is 3.67. The van der Waals surface area contributed by atoms with Gasteiger partial charge in [-0.2, -0.15) is 5.10 Å². The zero-order chi connectivity index (χ0) is 32.4. The number of fused-ring (bicyclic) bond motifs is 1. The molecule has 2 amide bonds. The smallest absolute Gasteiger partial charge is 0.236 e. The van der Waals surface area contributed by atoms with Crippen LogP contribution in [-0.4, -0.2) is 52.1 Å². The molecule has 4 aromatic rings. The predicted octanol–water partition coefficient (Wildman–Crippen LogP) is 4.74. The van der Waals surface area contributed by atoms with Crippen LogP contribution >= 0.6 is 0 Å². The monoisotopic (exact) mass is 622 g/mol. The number of nitrogens with zero attached hydrogens (tertiary/aromatic N) is 3. The van der Waals surface area contributed by atoms with E-state index in [0.717, 1.165) is 69.4 Å². The maximum atomic E-state index is 13.7. The van der Waals surface area contributed by atoms with Gasteiger partial charge in [-0.25, -0.2) is 9.67 Å². The van der Waals surface area contributed by atoms with Gasteiger partial charge in [-0.1, -0.05) is 37.3 Å². The van der Waals surface area contributed by atoms with Gasteiger partial charge in [0.1, 0.15) is 11.7 Å². The van der Waals surface area contributed by atoms with Crippen molar-refractivity contribution >= 4 is 34.8 Å². The number of aryl methyl sites for hydroxylation is 3. The number of amides is 2. The van der Waals surface area contributed by atoms with Gasteiger partial charge in [-0.05, 0) is 91.8 Å². The summed E-state index contributed by atoms with van der Waals surface area (Å²) in [5, 5.41) is 12.3. The average molecular weight is 623 g/mol. The molecule has 1 saturated heterocycles. The largest absolute Gasteiger partial charge is 0.381 e. The minimum absolute atomic E-state index is 0.245. The van der Waals surface area contributed by atoms with E-state index >= 15 is 0 Å². The third kappa shape index (κ3) is 5.89. The summed E-state index contributed by atoms with van der Waals surface area (Å²) in [6.07, 6.45) is 6.09. The number of aromatic nitrogens is 3. The summed E-state index contributed by atoms with van der Waals surface area (Å²) in [6, 6.07) is 13.7. The van der Waals surface area contributed by atoms with Gasteiger partial charge in [0, 0.05) is 43.6 Å². The number of anilines is 1. The van der Waals surface area contributed by atoms with Crippen LogP contribution in [0.25, 0.3) is 22.2 Å². The number of rotatable bonds is 12. The van der Waals surface area contributed by atoms with Crippen molar-refractivity contribution < 1.29 is 19.1 Å². The highest BCUT2D eigenvalue weighted by molar-refractivity contribution is 6.08. The highest BCUT2D eigenvalue weighted by Gasteiger charge is 2.64. The van der Waals surface area contributed by atoms with E-state index < -0.39 is 11.3 Å². The number of nitrogens with one attached hydrogen (secondary N) is 2. The lowest BCUT2D eigenvalue weighted by Crippen LogP contribution is -2.42. The van der Waals surface area contributed by atoms with Crippen molar-refractivity contribution in [1.29, 1.82) is 0 Å². The Morgan fingerprint density at radius 1 is 1.15 bits per heavy atom. The Morgan fingerprint density at radius 2 is 1.96 bits per heavy atom. The molecule has 10 nitrogen and oxygen atoms in total. The van der Waals surface area contributed by atoms with Gasteiger partial charge in [-0.3, -0.25) is 14.4 Å². The third-order valence-electron chi connectivity index (χ3n) is 9.67. The SMILES string of the molecule is CCc1nc2c(cnn2CC)c(NC2CCOCC2)c1CC1CC1(C(N)=O)C(=O)NCc1ccc(C)c(-c2cccc(C=O)c2)c1. The lowest BCUT2D eigenvalue weighted by molar-refractivity contribution is -0.136. The zero-order valence-electron chi connectivity index (χ0n) is 26.8. The summed E-state index contributed by atoms with van der Waals surface area (Å²) in [7, 11) is 0. The number of hydrogen-bond acceptors (Lipinski definition) is 7. The van der Waals surface area contributed by atoms with Crippen molar-refractivity contribution in [3.63, 3.8) is 0 Å². The summed E-state index contributed by atoms with van der Waals surface area (Å²) in [5.74, 6) is -1.19. The topological polar surface area (TPSA) is 141 Å². The first kappa shape index (κ1) is 31.4. The van der Waals surface area contributed by atoms with Crippen molar-refractivity contribution in [2.75, 3.05) is 18.5 Å². The first-order valence-corrected chi connectivity index (χ1v) is 16.2. The lowest BCUT2D eigenvalue weighted by Gasteiger charge is -2.27. The van der Waals surface area contributed by atoms with E-state index in [9.17, 15) is 14.4 Å². The summed E-state index contributed by atoms with van der Waals surface area (Å²) in [4.78, 5) is 43.1. The number of ether oxygens (including phenoxy) is 1. The van der Waals surface area contributed by atoms with Crippen molar-refractivity contribution in [1.82, 2.24) is 20.1 Å². The Balaban J connectivity index is 1.25. The first-order valence-electron chi connectivity index (χ1n) is 16.2. The molecule has 2 aliphatic rings. The van der Waals surface area contributed by atoms with E-state index in [-0.39, 0.29) is 24.4 Å². The van der Waals surface area contributed by atoms with E-state index in [0.29, 0.717) is 44.6 Å². The highest BCUT2D eigenvalue weighted by atomic mass is 16.5. The second-order valence-electron chi connectivity index (χ2n) is 12.5. The van der Waals surface area contributed by atoms with Crippen LogP contribution in [0.1, 0.15) is 65.9 Å². The van der Waals surface area contributed by atoms with E-state index in [2.05, 4.69) is 22.7 Å². The fraction of sp³-hybridized carbons (Fsp3) is 0.417. The van der Waals surface area contributed by atoms with Gasteiger partial charge >= 0.3 is 0 Å². The molecule has 0 radical (unpaired) electrons. The van der Waals surface area contributed by atoms with Crippen LogP contribution in [0, 0.1) is 18.3 Å². The van der Waals surface area contributed by atoms with E-state index in [1.165, 1.54) is 0 Å². The molecule has 2 fully saturated rings. The molecule has 6 rings (SSSR count). The van der Waals surface area contributed by atoms with Crippen molar-refractivity contribution in [2.24, 2.45) is 17.1 Å². The standard InChI is InChI=1S/C36H42N6O4/c1-4-31-29(32(40-27-11-13-46-14-12-27)30-20-39-42(5-2)33(30)41-31)17-26-18-36(26,34(37)44)35(45)38-19-23-10-9-22(3)28(16-23)25-8-6-7-24(15-25)21-43/h6-10,15-16,20-21,26-27H,4-5,11-14,17-19H2,1-3H3,(H2,37,44)(H,38,45)(H,40,41). The molecule has 10 heteroatoms. The molecule has 0 spiro atoms. The number of carbonyl (C=O) groups is 3. The van der Waals surface area contributed by atoms with Crippen LogP contribution in [-0.2, 0) is 40.3 Å². The summed E-state index contributed by atoms with van der Waals surface area (Å²) in [5.41, 5.74) is 12.9. The zero-order valence-corrected chi connectivity index (χ0v) is 26.8. The van der Waals surface area contributed by atoms with Gasteiger partial charge in [0.2, 0.25) is 11.8 Å². The quantitative estimate of drug-likeness (QED) is 0.153. The first-order chi connectivity index (χ1) is 22.3. The van der Waals surface area contributed by atoms with Gasteiger partial charge < -0.3 is 21.1 Å². The van der Waals surface area contributed by atoms with Crippen molar-refractivity contribution in [2.45, 2.75) is 72.0 Å². The molecule has 2 atom stereocenters. The summed E-state index contributed by atoms with van der Waals surface area (Å²) < 4.78 is 7.50. The van der Waals surface area contributed by atoms with E-state index in [4.69, 9.17) is 15.5 Å². The van der Waals surface area contributed by atoms with Crippen LogP contribution in [0.15, 0.2) is 48.7 Å². The number of benzene rings is 2. The Kier molecular flexibility index (Phi) is 8.90. The molecule has 240 valence electrons. The molecule has 2 unspecified atom stereocenters. The fourth-order valence-electron chi connectivity index (χ4n) is 6.85. The van der Waals surface area contributed by atoms with Crippen LogP contribution in [0.2, 0.25) is 0 Å². The molecule has 2 aromatic carbocycles. The van der Waals surface area contributed by atoms with Crippen LogP contribution in [0.3, 0.4) is 0 Å².